The largest absolute Gasteiger partial charge is 0.457 e. The molecule has 0 saturated heterocycles. The van der Waals surface area contributed by atoms with E-state index in [0.29, 0.717) is 17.2 Å². The lowest BCUT2D eigenvalue weighted by Gasteiger charge is -2.11. The van der Waals surface area contributed by atoms with Gasteiger partial charge in [-0.15, -0.1) is 0 Å². The van der Waals surface area contributed by atoms with Crippen molar-refractivity contribution in [3.63, 3.8) is 0 Å². The highest BCUT2D eigenvalue weighted by molar-refractivity contribution is 8.00. The zero-order chi connectivity index (χ0) is 17.0. The zero-order valence-electron chi connectivity index (χ0n) is 12.0. The molecule has 0 radical (unpaired) electrons. The fourth-order valence-electron chi connectivity index (χ4n) is 1.82. The van der Waals surface area contributed by atoms with Gasteiger partial charge in [-0.3, -0.25) is 0 Å². The molecule has 0 aromatic heterocycles. The van der Waals surface area contributed by atoms with Crippen molar-refractivity contribution in [1.29, 1.82) is 0 Å². The Balaban J connectivity index is 2.08. The predicted octanol–water partition coefficient (Wildman–Crippen LogP) is 4.89. The van der Waals surface area contributed by atoms with Crippen LogP contribution in [0.25, 0.3) is 0 Å². The highest BCUT2D eigenvalue weighted by atomic mass is 32.2. The van der Waals surface area contributed by atoms with Gasteiger partial charge in [0.05, 0.1) is 0 Å². The van der Waals surface area contributed by atoms with E-state index in [1.54, 1.807) is 25.1 Å². The summed E-state index contributed by atoms with van der Waals surface area (Å²) < 4.78 is 42.4. The average molecular weight is 342 g/mol. The number of ether oxygens (including phenoxy) is 1. The lowest BCUT2D eigenvalue weighted by atomic mass is 10.2. The number of alkyl halides is 3. The van der Waals surface area contributed by atoms with E-state index >= 15 is 0 Å². The Hall–Kier alpha value is -2.35. The number of benzene rings is 2. The molecule has 0 heterocycles. The molecular weight excluding hydrogens is 329 g/mol. The van der Waals surface area contributed by atoms with E-state index in [0.717, 1.165) is 5.56 Å². The number of amides is 2. The van der Waals surface area contributed by atoms with Crippen LogP contribution in [0.3, 0.4) is 0 Å². The Morgan fingerprint density at radius 2 is 1.83 bits per heavy atom. The maximum atomic E-state index is 12.3. The zero-order valence-corrected chi connectivity index (χ0v) is 12.8. The topological polar surface area (TPSA) is 64.3 Å². The lowest BCUT2D eigenvalue weighted by molar-refractivity contribution is -0.0328. The number of urea groups is 1. The first kappa shape index (κ1) is 17.0. The average Bonchev–Trinajstić information content (AvgIpc) is 2.41. The van der Waals surface area contributed by atoms with Crippen LogP contribution in [0, 0.1) is 6.92 Å². The van der Waals surface area contributed by atoms with Gasteiger partial charge < -0.3 is 15.8 Å². The molecule has 0 aliphatic rings. The summed E-state index contributed by atoms with van der Waals surface area (Å²) >= 11 is -0.181. The molecular formula is C15H13F3N2O2S. The molecule has 3 N–H and O–H groups in total. The molecule has 4 nitrogen and oxygen atoms in total. The summed E-state index contributed by atoms with van der Waals surface area (Å²) in [5, 5.41) is 2.44. The van der Waals surface area contributed by atoms with E-state index in [4.69, 9.17) is 10.5 Å². The Labute approximate surface area is 134 Å². The molecule has 2 aromatic rings. The van der Waals surface area contributed by atoms with Crippen LogP contribution in [-0.2, 0) is 0 Å². The van der Waals surface area contributed by atoms with Crippen molar-refractivity contribution >= 4 is 23.5 Å². The fourth-order valence-corrected chi connectivity index (χ4v) is 2.36. The number of anilines is 1. The van der Waals surface area contributed by atoms with Gasteiger partial charge in [0.15, 0.2) is 0 Å². The van der Waals surface area contributed by atoms with Crippen LogP contribution < -0.4 is 15.8 Å². The number of aryl methyl sites for hydroxylation is 1. The van der Waals surface area contributed by atoms with Gasteiger partial charge in [0.2, 0.25) is 0 Å². The molecule has 0 spiro atoms. The first-order valence-electron chi connectivity index (χ1n) is 6.44. The number of hydrogen-bond donors (Lipinski definition) is 2. The van der Waals surface area contributed by atoms with Crippen molar-refractivity contribution in [3.8, 4) is 11.5 Å². The van der Waals surface area contributed by atoms with E-state index in [9.17, 15) is 18.0 Å². The molecule has 0 saturated carbocycles. The normalized spacial score (nSPS) is 11.1. The number of nitrogens with two attached hydrogens (primary N) is 1. The molecule has 0 atom stereocenters. The van der Waals surface area contributed by atoms with Crippen LogP contribution in [0.4, 0.5) is 23.7 Å². The molecule has 0 aliphatic carbocycles. The first-order valence-corrected chi connectivity index (χ1v) is 7.25. The van der Waals surface area contributed by atoms with E-state index < -0.39 is 11.5 Å². The van der Waals surface area contributed by atoms with Gasteiger partial charge in [-0.25, -0.2) is 4.79 Å². The molecule has 23 heavy (non-hydrogen) atoms. The molecule has 0 bridgehead atoms. The predicted molar refractivity (Wildman–Crippen MR) is 82.8 cm³/mol. The van der Waals surface area contributed by atoms with Crippen molar-refractivity contribution in [2.75, 3.05) is 5.32 Å². The van der Waals surface area contributed by atoms with E-state index in [-0.39, 0.29) is 16.7 Å². The summed E-state index contributed by atoms with van der Waals surface area (Å²) in [6, 6.07) is 9.86. The number of halogens is 3. The number of carbonyl (C=O) groups is 1. The third-order valence-corrected chi connectivity index (χ3v) is 3.47. The van der Waals surface area contributed by atoms with E-state index in [2.05, 4.69) is 5.32 Å². The fraction of sp³-hybridized carbons (Fsp3) is 0.133. The number of primary amides is 1. The van der Waals surface area contributed by atoms with E-state index in [1.165, 1.54) is 24.3 Å². The van der Waals surface area contributed by atoms with Crippen molar-refractivity contribution in [3.05, 3.63) is 48.0 Å². The number of carbonyl (C=O) groups excluding carboxylic acids is 1. The Kier molecular flexibility index (Phi) is 5.05. The van der Waals surface area contributed by atoms with Crippen LogP contribution in [0.5, 0.6) is 11.5 Å². The van der Waals surface area contributed by atoms with Gasteiger partial charge in [-0.05, 0) is 66.7 Å². The number of hydrogen-bond acceptors (Lipinski definition) is 3. The Bertz CT molecular complexity index is 703. The molecule has 0 aliphatic heterocycles. The molecule has 8 heteroatoms. The Morgan fingerprint density at radius 1 is 1.17 bits per heavy atom. The van der Waals surface area contributed by atoms with Crippen molar-refractivity contribution < 1.29 is 22.7 Å². The molecule has 2 aromatic carbocycles. The van der Waals surface area contributed by atoms with Crippen LogP contribution >= 0.6 is 11.8 Å². The second-order valence-electron chi connectivity index (χ2n) is 4.59. The standard InChI is InChI=1S/C15H13F3N2O2S/c1-9-8-10(20-14(19)21)2-7-13(9)22-11-3-5-12(6-4-11)23-15(16,17)18/h2-8H,1H3,(H3,19,20,21). The van der Waals surface area contributed by atoms with Gasteiger partial charge in [0.1, 0.15) is 11.5 Å². The quantitative estimate of drug-likeness (QED) is 0.778. The first-order chi connectivity index (χ1) is 10.7. The lowest BCUT2D eigenvalue weighted by Crippen LogP contribution is -2.19. The maximum Gasteiger partial charge on any atom is 0.446 e. The van der Waals surface area contributed by atoms with Gasteiger partial charge in [0, 0.05) is 10.6 Å². The van der Waals surface area contributed by atoms with E-state index in [1.807, 2.05) is 0 Å². The van der Waals surface area contributed by atoms with Crippen LogP contribution in [0.15, 0.2) is 47.4 Å². The number of thioether (sulfide) groups is 1. The van der Waals surface area contributed by atoms with Crippen molar-refractivity contribution in [1.82, 2.24) is 0 Å². The molecule has 122 valence electrons. The monoisotopic (exact) mass is 342 g/mol. The number of rotatable bonds is 4. The maximum absolute atomic E-state index is 12.3. The summed E-state index contributed by atoms with van der Waals surface area (Å²) in [5.74, 6) is 0.937. The highest BCUT2D eigenvalue weighted by Crippen LogP contribution is 2.37. The summed E-state index contributed by atoms with van der Waals surface area (Å²) in [6.45, 7) is 1.77. The third-order valence-electron chi connectivity index (χ3n) is 2.73. The van der Waals surface area contributed by atoms with Crippen LogP contribution in [0.2, 0.25) is 0 Å². The Morgan fingerprint density at radius 3 is 2.35 bits per heavy atom. The second kappa shape index (κ2) is 6.82. The minimum absolute atomic E-state index is 0.0857. The van der Waals surface area contributed by atoms with Gasteiger partial charge in [-0.1, -0.05) is 0 Å². The number of nitrogens with one attached hydrogen (secondary N) is 1. The third kappa shape index (κ3) is 5.41. The van der Waals surface area contributed by atoms with Crippen LogP contribution in [0.1, 0.15) is 5.56 Å². The van der Waals surface area contributed by atoms with Gasteiger partial charge >= 0.3 is 11.5 Å². The molecule has 0 fully saturated rings. The summed E-state index contributed by atoms with van der Waals surface area (Å²) in [5.41, 5.74) is 1.98. The SMILES string of the molecule is Cc1cc(NC(N)=O)ccc1Oc1ccc(SC(F)(F)F)cc1. The van der Waals surface area contributed by atoms with Crippen molar-refractivity contribution in [2.24, 2.45) is 5.73 Å². The molecule has 0 unspecified atom stereocenters. The second-order valence-corrected chi connectivity index (χ2v) is 5.73. The van der Waals surface area contributed by atoms with Crippen LogP contribution in [-0.4, -0.2) is 11.5 Å². The van der Waals surface area contributed by atoms with Crippen molar-refractivity contribution in [2.45, 2.75) is 17.3 Å². The minimum atomic E-state index is -4.32. The smallest absolute Gasteiger partial charge is 0.446 e. The molecule has 2 rings (SSSR count). The summed E-state index contributed by atoms with van der Waals surface area (Å²) in [6.07, 6.45) is 0. The highest BCUT2D eigenvalue weighted by Gasteiger charge is 2.29. The molecule has 2 amide bonds. The van der Waals surface area contributed by atoms with Gasteiger partial charge in [0.25, 0.3) is 0 Å². The summed E-state index contributed by atoms with van der Waals surface area (Å²) in [7, 11) is 0. The summed E-state index contributed by atoms with van der Waals surface area (Å²) in [4.78, 5) is 10.9. The minimum Gasteiger partial charge on any atom is -0.457 e. The van der Waals surface area contributed by atoms with Gasteiger partial charge in [-0.2, -0.15) is 13.2 Å².